The monoisotopic (exact) mass is 438 g/mol. The summed E-state index contributed by atoms with van der Waals surface area (Å²) in [4.78, 5) is 12.5. The molecule has 2 nitrogen and oxygen atoms in total. The lowest BCUT2D eigenvalue weighted by Crippen LogP contribution is -2.17. The van der Waals surface area contributed by atoms with Crippen LogP contribution in [-0.2, 0) is 9.53 Å². The van der Waals surface area contributed by atoms with Crippen molar-refractivity contribution in [3.63, 3.8) is 0 Å². The predicted molar refractivity (Wildman–Crippen MR) is 138 cm³/mol. The third-order valence-electron chi connectivity index (χ3n) is 6.91. The molecule has 0 radical (unpaired) electrons. The van der Waals surface area contributed by atoms with Gasteiger partial charge in [0.15, 0.2) is 0 Å². The van der Waals surface area contributed by atoms with Crippen molar-refractivity contribution in [3.8, 4) is 0 Å². The molecule has 0 saturated heterocycles. The molecule has 186 valence electrons. The van der Waals surface area contributed by atoms with E-state index in [2.05, 4.69) is 27.7 Å². The highest BCUT2D eigenvalue weighted by atomic mass is 16.5. The van der Waals surface area contributed by atoms with Crippen LogP contribution < -0.4 is 0 Å². The number of hydrogen-bond acceptors (Lipinski definition) is 2. The molecule has 0 rings (SSSR count). The Hall–Kier alpha value is -0.530. The summed E-state index contributed by atoms with van der Waals surface area (Å²) in [5.74, 6) is 1.15. The van der Waals surface area contributed by atoms with Gasteiger partial charge in [-0.2, -0.15) is 0 Å². The fourth-order valence-electron chi connectivity index (χ4n) is 4.53. The highest BCUT2D eigenvalue weighted by Gasteiger charge is 2.16. The second-order valence-electron chi connectivity index (χ2n) is 9.99. The Bertz CT molecular complexity index is 366. The zero-order valence-electron chi connectivity index (χ0n) is 22.0. The molecule has 0 amide bonds. The molecule has 0 aromatic carbocycles. The molecular weight excluding hydrogens is 380 g/mol. The quantitative estimate of drug-likeness (QED) is 0.111. The summed E-state index contributed by atoms with van der Waals surface area (Å²) in [5, 5.41) is 0. The van der Waals surface area contributed by atoms with Crippen LogP contribution in [0, 0.1) is 11.8 Å². The van der Waals surface area contributed by atoms with Crippen molar-refractivity contribution in [2.75, 3.05) is 6.61 Å². The number of ether oxygens (including phenoxy) is 1. The van der Waals surface area contributed by atoms with E-state index in [1.165, 1.54) is 122 Å². The minimum atomic E-state index is 0.0606. The first-order valence-electron chi connectivity index (χ1n) is 14.3. The summed E-state index contributed by atoms with van der Waals surface area (Å²) in [6.07, 6.45) is 26.8. The average molecular weight is 439 g/mol. The van der Waals surface area contributed by atoms with E-state index in [0.717, 1.165) is 6.42 Å². The third-order valence-corrected chi connectivity index (χ3v) is 6.91. The molecule has 2 unspecified atom stereocenters. The Balaban J connectivity index is 4.20. The molecule has 2 heteroatoms. The number of hydrogen-bond donors (Lipinski definition) is 0. The largest absolute Gasteiger partial charge is 0.465 e. The molecule has 0 aliphatic heterocycles. The lowest BCUT2D eigenvalue weighted by Gasteiger charge is -2.18. The van der Waals surface area contributed by atoms with Crippen LogP contribution in [0.4, 0.5) is 0 Å². The van der Waals surface area contributed by atoms with Crippen LogP contribution in [0.1, 0.15) is 163 Å². The number of carbonyl (C=O) groups excluding carboxylic acids is 1. The second kappa shape index (κ2) is 24.1. The SMILES string of the molecule is CCCCCCCCCCC(CCCCCCCC)CC(=O)OCC(CC)CCCC. The number of rotatable bonds is 24. The average Bonchev–Trinajstić information content (AvgIpc) is 2.77. The smallest absolute Gasteiger partial charge is 0.306 e. The van der Waals surface area contributed by atoms with Gasteiger partial charge in [-0.05, 0) is 31.1 Å². The molecule has 0 spiro atoms. The van der Waals surface area contributed by atoms with Crippen molar-refractivity contribution in [1.82, 2.24) is 0 Å². The van der Waals surface area contributed by atoms with E-state index in [4.69, 9.17) is 4.74 Å². The van der Waals surface area contributed by atoms with E-state index in [-0.39, 0.29) is 5.97 Å². The Morgan fingerprint density at radius 1 is 0.548 bits per heavy atom. The van der Waals surface area contributed by atoms with Crippen molar-refractivity contribution in [2.24, 2.45) is 11.8 Å². The zero-order valence-corrected chi connectivity index (χ0v) is 22.0. The summed E-state index contributed by atoms with van der Waals surface area (Å²) in [6.45, 7) is 9.64. The fourth-order valence-corrected chi connectivity index (χ4v) is 4.53. The maximum Gasteiger partial charge on any atom is 0.306 e. The van der Waals surface area contributed by atoms with Crippen LogP contribution in [0.2, 0.25) is 0 Å². The maximum absolute atomic E-state index is 12.5. The van der Waals surface area contributed by atoms with Crippen LogP contribution in [0.15, 0.2) is 0 Å². The molecule has 0 heterocycles. The molecule has 2 atom stereocenters. The van der Waals surface area contributed by atoms with Crippen LogP contribution in [0.3, 0.4) is 0 Å². The van der Waals surface area contributed by atoms with Gasteiger partial charge >= 0.3 is 5.97 Å². The highest BCUT2D eigenvalue weighted by molar-refractivity contribution is 5.69. The second-order valence-corrected chi connectivity index (χ2v) is 9.99. The van der Waals surface area contributed by atoms with Gasteiger partial charge in [0.1, 0.15) is 0 Å². The number of unbranched alkanes of at least 4 members (excludes halogenated alkanes) is 13. The van der Waals surface area contributed by atoms with E-state index in [0.29, 0.717) is 24.9 Å². The summed E-state index contributed by atoms with van der Waals surface area (Å²) < 4.78 is 5.73. The third kappa shape index (κ3) is 21.1. The number of esters is 1. The van der Waals surface area contributed by atoms with Gasteiger partial charge in [0.05, 0.1) is 6.61 Å². The highest BCUT2D eigenvalue weighted by Crippen LogP contribution is 2.23. The summed E-state index contributed by atoms with van der Waals surface area (Å²) in [5.41, 5.74) is 0. The van der Waals surface area contributed by atoms with E-state index < -0.39 is 0 Å². The Morgan fingerprint density at radius 2 is 0.968 bits per heavy atom. The molecule has 0 aromatic rings. The van der Waals surface area contributed by atoms with Crippen LogP contribution >= 0.6 is 0 Å². The van der Waals surface area contributed by atoms with E-state index in [9.17, 15) is 4.79 Å². The van der Waals surface area contributed by atoms with Crippen molar-refractivity contribution in [2.45, 2.75) is 163 Å². The lowest BCUT2D eigenvalue weighted by atomic mass is 9.91. The molecule has 31 heavy (non-hydrogen) atoms. The standard InChI is InChI=1S/C29H58O2/c1-5-9-12-14-16-17-19-21-24-28(23-20-18-15-13-10-6-2)25-29(30)31-26-27(8-4)22-11-7-3/h27-28H,5-26H2,1-4H3. The molecule has 0 aromatic heterocycles. The van der Waals surface area contributed by atoms with Crippen LogP contribution in [-0.4, -0.2) is 12.6 Å². The van der Waals surface area contributed by atoms with Gasteiger partial charge < -0.3 is 4.74 Å². The van der Waals surface area contributed by atoms with Crippen LogP contribution in [0.5, 0.6) is 0 Å². The van der Waals surface area contributed by atoms with Gasteiger partial charge in [-0.25, -0.2) is 0 Å². The summed E-state index contributed by atoms with van der Waals surface area (Å²) in [6, 6.07) is 0. The van der Waals surface area contributed by atoms with Gasteiger partial charge in [0.2, 0.25) is 0 Å². The Labute approximate surface area is 196 Å². The van der Waals surface area contributed by atoms with Gasteiger partial charge in [-0.1, -0.05) is 137 Å². The molecule has 0 aliphatic carbocycles. The summed E-state index contributed by atoms with van der Waals surface area (Å²) in [7, 11) is 0. The van der Waals surface area contributed by atoms with Crippen LogP contribution in [0.25, 0.3) is 0 Å². The first-order chi connectivity index (χ1) is 15.2. The van der Waals surface area contributed by atoms with E-state index in [1.807, 2.05) is 0 Å². The normalized spacial score (nSPS) is 13.3. The Morgan fingerprint density at radius 3 is 1.42 bits per heavy atom. The van der Waals surface area contributed by atoms with E-state index >= 15 is 0 Å². The molecule has 0 fully saturated rings. The molecule has 0 N–H and O–H groups in total. The van der Waals surface area contributed by atoms with E-state index in [1.54, 1.807) is 0 Å². The summed E-state index contributed by atoms with van der Waals surface area (Å²) >= 11 is 0. The topological polar surface area (TPSA) is 26.3 Å². The predicted octanol–water partition coefficient (Wildman–Crippen LogP) is 10.0. The maximum atomic E-state index is 12.5. The van der Waals surface area contributed by atoms with Gasteiger partial charge in [0.25, 0.3) is 0 Å². The van der Waals surface area contributed by atoms with Gasteiger partial charge in [-0.3, -0.25) is 4.79 Å². The zero-order chi connectivity index (χ0) is 23.0. The fraction of sp³-hybridized carbons (Fsp3) is 0.966. The van der Waals surface area contributed by atoms with Gasteiger partial charge in [0, 0.05) is 6.42 Å². The lowest BCUT2D eigenvalue weighted by molar-refractivity contribution is -0.146. The number of carbonyl (C=O) groups is 1. The molecule has 0 aliphatic rings. The molecular formula is C29H58O2. The molecule has 0 saturated carbocycles. The minimum Gasteiger partial charge on any atom is -0.465 e. The van der Waals surface area contributed by atoms with Crippen molar-refractivity contribution in [3.05, 3.63) is 0 Å². The molecule has 0 bridgehead atoms. The minimum absolute atomic E-state index is 0.0606. The van der Waals surface area contributed by atoms with Gasteiger partial charge in [-0.15, -0.1) is 0 Å². The first kappa shape index (κ1) is 30.5. The van der Waals surface area contributed by atoms with Crippen molar-refractivity contribution in [1.29, 1.82) is 0 Å². The Kier molecular flexibility index (Phi) is 23.7. The first-order valence-corrected chi connectivity index (χ1v) is 14.3. The van der Waals surface area contributed by atoms with Crippen molar-refractivity contribution >= 4 is 5.97 Å². The van der Waals surface area contributed by atoms with Crippen molar-refractivity contribution < 1.29 is 9.53 Å².